The van der Waals surface area contributed by atoms with Crippen molar-refractivity contribution in [3.8, 4) is 0 Å². The van der Waals surface area contributed by atoms with Crippen LogP contribution >= 0.6 is 0 Å². The van der Waals surface area contributed by atoms with Crippen LogP contribution < -0.4 is 10.6 Å². The highest BCUT2D eigenvalue weighted by molar-refractivity contribution is 5.92. The molecule has 4 nitrogen and oxygen atoms in total. The van der Waals surface area contributed by atoms with E-state index in [9.17, 15) is 4.79 Å². The summed E-state index contributed by atoms with van der Waals surface area (Å²) in [7, 11) is 0. The fourth-order valence-corrected chi connectivity index (χ4v) is 1.65. The van der Waals surface area contributed by atoms with Crippen LogP contribution in [0.25, 0.3) is 0 Å². The normalized spacial score (nSPS) is 11.2. The molecule has 0 aliphatic rings. The van der Waals surface area contributed by atoms with E-state index >= 15 is 0 Å². The van der Waals surface area contributed by atoms with E-state index in [0.29, 0.717) is 5.69 Å². The van der Waals surface area contributed by atoms with Gasteiger partial charge in [0, 0.05) is 12.1 Å². The van der Waals surface area contributed by atoms with Crippen LogP contribution in [0.2, 0.25) is 0 Å². The summed E-state index contributed by atoms with van der Waals surface area (Å²) in [6.45, 7) is 8.99. The Morgan fingerprint density at radius 1 is 1.26 bits per heavy atom. The first kappa shape index (κ1) is 15.5. The van der Waals surface area contributed by atoms with Crippen LogP contribution in [0, 0.1) is 0 Å². The number of hydrogen-bond donors (Lipinski definition) is 2. The average molecular weight is 263 g/mol. The molecule has 1 rings (SSSR count). The van der Waals surface area contributed by atoms with Crippen LogP contribution in [0.3, 0.4) is 0 Å². The van der Waals surface area contributed by atoms with E-state index in [-0.39, 0.29) is 11.4 Å². The Balaban J connectivity index is 2.49. The number of carbonyl (C=O) groups is 1. The molecule has 1 heterocycles. The number of hydrogen-bond acceptors (Lipinski definition) is 3. The summed E-state index contributed by atoms with van der Waals surface area (Å²) >= 11 is 0. The first-order valence-electron chi connectivity index (χ1n) is 6.95. The Labute approximate surface area is 116 Å². The first-order valence-corrected chi connectivity index (χ1v) is 6.95. The number of aromatic nitrogens is 1. The molecule has 0 atom stereocenters. The fraction of sp³-hybridized carbons (Fsp3) is 0.600. The van der Waals surface area contributed by atoms with E-state index in [1.54, 1.807) is 12.3 Å². The maximum atomic E-state index is 11.9. The molecule has 19 heavy (non-hydrogen) atoms. The lowest BCUT2D eigenvalue weighted by molar-refractivity contribution is 0.0914. The molecule has 0 aliphatic heterocycles. The molecular weight excluding hydrogens is 238 g/mol. The lowest BCUT2D eigenvalue weighted by Gasteiger charge is -2.20. The lowest BCUT2D eigenvalue weighted by atomic mass is 10.1. The van der Waals surface area contributed by atoms with Gasteiger partial charge in [0.25, 0.3) is 5.91 Å². The Hall–Kier alpha value is -1.58. The van der Waals surface area contributed by atoms with Crippen molar-refractivity contribution in [3.05, 3.63) is 24.0 Å². The molecule has 0 fully saturated rings. The number of nitrogens with one attached hydrogen (secondary N) is 2. The maximum Gasteiger partial charge on any atom is 0.270 e. The third kappa shape index (κ3) is 6.22. The highest BCUT2D eigenvalue weighted by Gasteiger charge is 2.15. The van der Waals surface area contributed by atoms with Crippen LogP contribution in [0.1, 0.15) is 57.4 Å². The summed E-state index contributed by atoms with van der Waals surface area (Å²) < 4.78 is 0. The SMILES string of the molecule is CCCCCNc1ccc(C(=O)NC(C)(C)C)nc1. The minimum atomic E-state index is -0.240. The highest BCUT2D eigenvalue weighted by Crippen LogP contribution is 2.08. The number of pyridine rings is 1. The number of nitrogens with zero attached hydrogens (tertiary/aromatic N) is 1. The van der Waals surface area contributed by atoms with Crippen LogP contribution in [-0.2, 0) is 0 Å². The summed E-state index contributed by atoms with van der Waals surface area (Å²) in [5.74, 6) is -0.134. The van der Waals surface area contributed by atoms with Crippen molar-refractivity contribution < 1.29 is 4.79 Å². The van der Waals surface area contributed by atoms with Gasteiger partial charge < -0.3 is 10.6 Å². The van der Waals surface area contributed by atoms with E-state index in [4.69, 9.17) is 0 Å². The van der Waals surface area contributed by atoms with Gasteiger partial charge >= 0.3 is 0 Å². The monoisotopic (exact) mass is 263 g/mol. The number of unbranched alkanes of at least 4 members (excludes halogenated alkanes) is 2. The predicted octanol–water partition coefficient (Wildman–Crippen LogP) is 3.21. The predicted molar refractivity (Wildman–Crippen MR) is 79.5 cm³/mol. The average Bonchev–Trinajstić information content (AvgIpc) is 2.33. The lowest BCUT2D eigenvalue weighted by Crippen LogP contribution is -2.40. The minimum absolute atomic E-state index is 0.134. The van der Waals surface area contributed by atoms with Gasteiger partial charge in [-0.15, -0.1) is 0 Å². The van der Waals surface area contributed by atoms with Crippen LogP contribution in [-0.4, -0.2) is 23.0 Å². The van der Waals surface area contributed by atoms with E-state index in [1.165, 1.54) is 12.8 Å². The van der Waals surface area contributed by atoms with Crippen molar-refractivity contribution in [2.24, 2.45) is 0 Å². The second kappa shape index (κ2) is 7.12. The molecule has 0 spiro atoms. The molecule has 2 N–H and O–H groups in total. The fourth-order valence-electron chi connectivity index (χ4n) is 1.65. The summed E-state index contributed by atoms with van der Waals surface area (Å²) in [6.07, 6.45) is 5.31. The smallest absolute Gasteiger partial charge is 0.270 e. The van der Waals surface area contributed by atoms with Crippen molar-refractivity contribution >= 4 is 11.6 Å². The number of amides is 1. The summed E-state index contributed by atoms with van der Waals surface area (Å²) in [6, 6.07) is 3.65. The first-order chi connectivity index (χ1) is 8.92. The molecule has 4 heteroatoms. The van der Waals surface area contributed by atoms with Gasteiger partial charge in [-0.25, -0.2) is 4.98 Å². The van der Waals surface area contributed by atoms with Crippen molar-refractivity contribution in [2.75, 3.05) is 11.9 Å². The number of carbonyl (C=O) groups excluding carboxylic acids is 1. The zero-order chi connectivity index (χ0) is 14.3. The van der Waals surface area contributed by atoms with Crippen LogP contribution in [0.4, 0.5) is 5.69 Å². The van der Waals surface area contributed by atoms with Gasteiger partial charge in [0.1, 0.15) is 5.69 Å². The molecule has 0 saturated heterocycles. The van der Waals surface area contributed by atoms with E-state index < -0.39 is 0 Å². The van der Waals surface area contributed by atoms with E-state index in [2.05, 4.69) is 22.5 Å². The standard InChI is InChI=1S/C15H25N3O/c1-5-6-7-10-16-12-8-9-13(17-11-12)14(19)18-15(2,3)4/h8-9,11,16H,5-7,10H2,1-4H3,(H,18,19). The molecule has 0 bridgehead atoms. The zero-order valence-corrected chi connectivity index (χ0v) is 12.4. The molecule has 0 aromatic carbocycles. The highest BCUT2D eigenvalue weighted by atomic mass is 16.2. The number of anilines is 1. The largest absolute Gasteiger partial charge is 0.384 e. The van der Waals surface area contributed by atoms with Crippen molar-refractivity contribution in [1.82, 2.24) is 10.3 Å². The molecule has 1 amide bonds. The third-order valence-corrected chi connectivity index (χ3v) is 2.59. The van der Waals surface area contributed by atoms with E-state index in [1.807, 2.05) is 26.8 Å². The molecule has 0 saturated carbocycles. The van der Waals surface area contributed by atoms with Gasteiger partial charge in [0.15, 0.2) is 0 Å². The number of rotatable bonds is 6. The Kier molecular flexibility index (Phi) is 5.80. The molecule has 0 aliphatic carbocycles. The Morgan fingerprint density at radius 2 is 2.00 bits per heavy atom. The summed E-state index contributed by atoms with van der Waals surface area (Å²) in [5, 5.41) is 6.19. The molecule has 106 valence electrons. The van der Waals surface area contributed by atoms with Crippen LogP contribution in [0.5, 0.6) is 0 Å². The maximum absolute atomic E-state index is 11.9. The zero-order valence-electron chi connectivity index (χ0n) is 12.4. The molecule has 0 unspecified atom stereocenters. The Morgan fingerprint density at radius 3 is 2.53 bits per heavy atom. The van der Waals surface area contributed by atoms with Gasteiger partial charge in [-0.1, -0.05) is 19.8 Å². The van der Waals surface area contributed by atoms with Crippen molar-refractivity contribution in [2.45, 2.75) is 52.5 Å². The third-order valence-electron chi connectivity index (χ3n) is 2.59. The van der Waals surface area contributed by atoms with Gasteiger partial charge in [-0.2, -0.15) is 0 Å². The van der Waals surface area contributed by atoms with Gasteiger partial charge in [0.05, 0.1) is 11.9 Å². The molecule has 1 aromatic rings. The molecule has 0 radical (unpaired) electrons. The second-order valence-electron chi connectivity index (χ2n) is 5.77. The van der Waals surface area contributed by atoms with Crippen molar-refractivity contribution in [1.29, 1.82) is 0 Å². The van der Waals surface area contributed by atoms with Gasteiger partial charge in [-0.3, -0.25) is 4.79 Å². The van der Waals surface area contributed by atoms with Crippen molar-refractivity contribution in [3.63, 3.8) is 0 Å². The molecular formula is C15H25N3O. The van der Waals surface area contributed by atoms with Gasteiger partial charge in [-0.05, 0) is 39.3 Å². The quantitative estimate of drug-likeness (QED) is 0.775. The van der Waals surface area contributed by atoms with Crippen LogP contribution in [0.15, 0.2) is 18.3 Å². The Bertz CT molecular complexity index is 393. The topological polar surface area (TPSA) is 54.0 Å². The summed E-state index contributed by atoms with van der Waals surface area (Å²) in [4.78, 5) is 16.1. The van der Waals surface area contributed by atoms with Gasteiger partial charge in [0.2, 0.25) is 0 Å². The second-order valence-corrected chi connectivity index (χ2v) is 5.77. The molecule has 1 aromatic heterocycles. The summed E-state index contributed by atoms with van der Waals surface area (Å²) in [5.41, 5.74) is 1.17. The van der Waals surface area contributed by atoms with E-state index in [0.717, 1.165) is 18.7 Å². The minimum Gasteiger partial charge on any atom is -0.384 e.